The first kappa shape index (κ1) is 20.4. The van der Waals surface area contributed by atoms with Gasteiger partial charge in [-0.15, -0.1) is 11.8 Å². The first-order chi connectivity index (χ1) is 13.5. The van der Waals surface area contributed by atoms with Crippen molar-refractivity contribution in [2.75, 3.05) is 26.1 Å². The lowest BCUT2D eigenvalue weighted by Crippen LogP contribution is -2.33. The van der Waals surface area contributed by atoms with E-state index in [0.29, 0.717) is 30.5 Å². The minimum Gasteiger partial charge on any atom is -0.497 e. The van der Waals surface area contributed by atoms with E-state index in [-0.39, 0.29) is 5.37 Å². The van der Waals surface area contributed by atoms with Crippen LogP contribution in [0.25, 0.3) is 0 Å². The molecule has 0 bridgehead atoms. The molecule has 0 aliphatic carbocycles. The van der Waals surface area contributed by atoms with Crippen molar-refractivity contribution in [3.63, 3.8) is 0 Å². The standard InChI is InChI=1S/C21H25NO5S/c1-13-8-14(2)10-16(9-13)26-6-7-27-19-11-15(25-3)4-5-17(19)20-22-18(12-28-20)21(23)24/h4-5,8-11,18,20,22H,6-7,12H2,1-3H3,(H,23,24). The number of aryl methyl sites for hydroxylation is 2. The van der Waals surface area contributed by atoms with Gasteiger partial charge in [-0.05, 0) is 49.2 Å². The summed E-state index contributed by atoms with van der Waals surface area (Å²) in [7, 11) is 1.60. The molecule has 7 heteroatoms. The van der Waals surface area contributed by atoms with Crippen molar-refractivity contribution < 1.29 is 24.1 Å². The predicted octanol–water partition coefficient (Wildman–Crippen LogP) is 3.56. The Bertz CT molecular complexity index is 821. The molecule has 0 radical (unpaired) electrons. The molecule has 2 aromatic rings. The summed E-state index contributed by atoms with van der Waals surface area (Å²) in [5.41, 5.74) is 3.22. The maximum atomic E-state index is 11.2. The van der Waals surface area contributed by atoms with E-state index in [4.69, 9.17) is 14.2 Å². The largest absolute Gasteiger partial charge is 0.497 e. The van der Waals surface area contributed by atoms with Crippen molar-refractivity contribution in [1.82, 2.24) is 5.32 Å². The lowest BCUT2D eigenvalue weighted by molar-refractivity contribution is -0.138. The second-order valence-electron chi connectivity index (χ2n) is 6.69. The summed E-state index contributed by atoms with van der Waals surface area (Å²) in [5.74, 6) is 1.85. The number of thioether (sulfide) groups is 1. The van der Waals surface area contributed by atoms with Crippen LogP contribution in [0.4, 0.5) is 0 Å². The Hall–Kier alpha value is -2.38. The van der Waals surface area contributed by atoms with Crippen molar-refractivity contribution in [1.29, 1.82) is 0 Å². The molecule has 2 aromatic carbocycles. The number of carboxylic acid groups (broad SMARTS) is 1. The highest BCUT2D eigenvalue weighted by Crippen LogP contribution is 2.39. The summed E-state index contributed by atoms with van der Waals surface area (Å²) in [4.78, 5) is 11.2. The fraction of sp³-hybridized carbons (Fsp3) is 0.381. The smallest absolute Gasteiger partial charge is 0.321 e. The number of aliphatic carboxylic acids is 1. The van der Waals surface area contributed by atoms with Gasteiger partial charge < -0.3 is 19.3 Å². The fourth-order valence-electron chi connectivity index (χ4n) is 3.10. The second kappa shape index (κ2) is 9.21. The molecule has 0 amide bonds. The number of rotatable bonds is 8. The molecular weight excluding hydrogens is 378 g/mol. The minimum absolute atomic E-state index is 0.137. The molecule has 0 aromatic heterocycles. The molecule has 6 nitrogen and oxygen atoms in total. The summed E-state index contributed by atoms with van der Waals surface area (Å²) in [5, 5.41) is 12.2. The topological polar surface area (TPSA) is 77.0 Å². The molecule has 2 unspecified atom stereocenters. The predicted molar refractivity (Wildman–Crippen MR) is 110 cm³/mol. The van der Waals surface area contributed by atoms with Crippen LogP contribution in [0.15, 0.2) is 36.4 Å². The van der Waals surface area contributed by atoms with E-state index in [2.05, 4.69) is 11.4 Å². The summed E-state index contributed by atoms with van der Waals surface area (Å²) < 4.78 is 17.1. The normalized spacial score (nSPS) is 18.7. The number of nitrogens with one attached hydrogen (secondary N) is 1. The molecule has 1 fully saturated rings. The minimum atomic E-state index is -0.840. The molecule has 150 valence electrons. The van der Waals surface area contributed by atoms with Crippen molar-refractivity contribution in [3.05, 3.63) is 53.1 Å². The number of carbonyl (C=O) groups is 1. The Balaban J connectivity index is 1.64. The summed E-state index contributed by atoms with van der Waals surface area (Å²) >= 11 is 1.55. The molecule has 1 saturated heterocycles. The number of carboxylic acids is 1. The molecule has 28 heavy (non-hydrogen) atoms. The van der Waals surface area contributed by atoms with Crippen LogP contribution in [0.3, 0.4) is 0 Å². The Morgan fingerprint density at radius 3 is 2.46 bits per heavy atom. The molecule has 1 heterocycles. The van der Waals surface area contributed by atoms with Crippen LogP contribution in [-0.4, -0.2) is 43.2 Å². The zero-order valence-electron chi connectivity index (χ0n) is 16.2. The maximum Gasteiger partial charge on any atom is 0.321 e. The van der Waals surface area contributed by atoms with Crippen molar-refractivity contribution >= 4 is 17.7 Å². The molecule has 1 aliphatic heterocycles. The van der Waals surface area contributed by atoms with E-state index in [1.54, 1.807) is 18.9 Å². The van der Waals surface area contributed by atoms with Gasteiger partial charge in [0.15, 0.2) is 0 Å². The van der Waals surface area contributed by atoms with Gasteiger partial charge in [-0.25, -0.2) is 0 Å². The third-order valence-electron chi connectivity index (χ3n) is 4.39. The van der Waals surface area contributed by atoms with E-state index in [0.717, 1.165) is 22.4 Å². The highest BCUT2D eigenvalue weighted by molar-refractivity contribution is 7.99. The Labute approximate surface area is 169 Å². The van der Waals surface area contributed by atoms with Crippen LogP contribution in [0.1, 0.15) is 22.1 Å². The monoisotopic (exact) mass is 403 g/mol. The molecule has 3 rings (SSSR count). The van der Waals surface area contributed by atoms with Gasteiger partial charge in [-0.3, -0.25) is 10.1 Å². The van der Waals surface area contributed by atoms with Gasteiger partial charge in [0.2, 0.25) is 0 Å². The lowest BCUT2D eigenvalue weighted by atomic mass is 10.1. The molecular formula is C21H25NO5S. The average Bonchev–Trinajstić information content (AvgIpc) is 3.14. The van der Waals surface area contributed by atoms with Gasteiger partial charge in [0.1, 0.15) is 36.5 Å². The number of methoxy groups -OCH3 is 1. The number of benzene rings is 2. The molecule has 1 aliphatic rings. The third kappa shape index (κ3) is 5.11. The van der Waals surface area contributed by atoms with Crippen LogP contribution in [0.5, 0.6) is 17.2 Å². The summed E-state index contributed by atoms with van der Waals surface area (Å²) in [6, 6.07) is 11.1. The fourth-order valence-corrected chi connectivity index (χ4v) is 4.36. The summed E-state index contributed by atoms with van der Waals surface area (Å²) in [6.45, 7) is 4.85. The number of hydrogen-bond acceptors (Lipinski definition) is 6. The van der Waals surface area contributed by atoms with Crippen LogP contribution < -0.4 is 19.5 Å². The van der Waals surface area contributed by atoms with Gasteiger partial charge in [0, 0.05) is 17.4 Å². The van der Waals surface area contributed by atoms with E-state index in [9.17, 15) is 9.90 Å². The van der Waals surface area contributed by atoms with Crippen molar-refractivity contribution in [2.45, 2.75) is 25.3 Å². The SMILES string of the molecule is COc1ccc(C2NC(C(=O)O)CS2)c(OCCOc2cc(C)cc(C)c2)c1. The van der Waals surface area contributed by atoms with Gasteiger partial charge in [0.25, 0.3) is 0 Å². The Morgan fingerprint density at radius 2 is 1.82 bits per heavy atom. The van der Waals surface area contributed by atoms with Gasteiger partial charge in [-0.2, -0.15) is 0 Å². The van der Waals surface area contributed by atoms with Gasteiger partial charge in [-0.1, -0.05) is 6.07 Å². The second-order valence-corrected chi connectivity index (χ2v) is 7.83. The van der Waals surface area contributed by atoms with Crippen molar-refractivity contribution in [3.8, 4) is 17.2 Å². The molecule has 2 N–H and O–H groups in total. The quantitative estimate of drug-likeness (QED) is 0.653. The van der Waals surface area contributed by atoms with Gasteiger partial charge in [0.05, 0.1) is 12.5 Å². The number of ether oxygens (including phenoxy) is 3. The van der Waals surface area contributed by atoms with Gasteiger partial charge >= 0.3 is 5.97 Å². The van der Waals surface area contributed by atoms with Crippen LogP contribution in [0.2, 0.25) is 0 Å². The first-order valence-electron chi connectivity index (χ1n) is 9.08. The average molecular weight is 404 g/mol. The zero-order valence-corrected chi connectivity index (χ0v) is 17.0. The third-order valence-corrected chi connectivity index (χ3v) is 5.64. The molecule has 2 atom stereocenters. The van der Waals surface area contributed by atoms with E-state index < -0.39 is 12.0 Å². The van der Waals surface area contributed by atoms with E-state index >= 15 is 0 Å². The van der Waals surface area contributed by atoms with Crippen LogP contribution in [-0.2, 0) is 4.79 Å². The van der Waals surface area contributed by atoms with E-state index in [1.807, 2.05) is 44.2 Å². The Kier molecular flexibility index (Phi) is 6.70. The van der Waals surface area contributed by atoms with Crippen LogP contribution in [0, 0.1) is 13.8 Å². The van der Waals surface area contributed by atoms with E-state index in [1.165, 1.54) is 0 Å². The zero-order chi connectivity index (χ0) is 20.1. The first-order valence-corrected chi connectivity index (χ1v) is 10.1. The highest BCUT2D eigenvalue weighted by Gasteiger charge is 2.32. The highest BCUT2D eigenvalue weighted by atomic mass is 32.2. The molecule has 0 saturated carbocycles. The number of hydrogen-bond donors (Lipinski definition) is 2. The molecule has 0 spiro atoms. The summed E-state index contributed by atoms with van der Waals surface area (Å²) in [6.07, 6.45) is 0. The van der Waals surface area contributed by atoms with Crippen LogP contribution >= 0.6 is 11.8 Å². The lowest BCUT2D eigenvalue weighted by Gasteiger charge is -2.18. The maximum absolute atomic E-state index is 11.2. The Morgan fingerprint density at radius 1 is 1.11 bits per heavy atom. The van der Waals surface area contributed by atoms with Crippen molar-refractivity contribution in [2.24, 2.45) is 0 Å².